The first kappa shape index (κ1) is 11.9. The molecule has 3 aromatic carbocycles. The number of fused-ring (bicyclic) bond motifs is 2. The molecule has 3 heteroatoms. The first-order valence-electron chi connectivity index (χ1n) is 6.41. The van der Waals surface area contributed by atoms with E-state index in [0.29, 0.717) is 0 Å². The quantitative estimate of drug-likeness (QED) is 0.477. The summed E-state index contributed by atoms with van der Waals surface area (Å²) in [4.78, 5) is 5.91. The molecule has 0 aliphatic carbocycles. The smallest absolute Gasteiger partial charge is 0.155 e. The van der Waals surface area contributed by atoms with Crippen molar-refractivity contribution in [3.63, 3.8) is 0 Å². The zero-order valence-electron chi connectivity index (χ0n) is 10.6. The number of nitrogens with zero attached hydrogens (tertiary/aromatic N) is 1. The highest BCUT2D eigenvalue weighted by Gasteiger charge is 2.05. The van der Waals surface area contributed by atoms with Gasteiger partial charge >= 0.3 is 0 Å². The highest BCUT2D eigenvalue weighted by Crippen LogP contribution is 2.35. The molecule has 1 nitrogen and oxygen atoms in total. The molecule has 0 unspecified atom stereocenters. The van der Waals surface area contributed by atoms with Gasteiger partial charge in [0, 0.05) is 4.90 Å². The van der Waals surface area contributed by atoms with Gasteiger partial charge in [-0.3, -0.25) is 0 Å². The van der Waals surface area contributed by atoms with Gasteiger partial charge < -0.3 is 0 Å². The van der Waals surface area contributed by atoms with Crippen LogP contribution in [0.4, 0.5) is 0 Å². The Kier molecular flexibility index (Phi) is 2.94. The lowest BCUT2D eigenvalue weighted by atomic mass is 10.1. The van der Waals surface area contributed by atoms with Crippen molar-refractivity contribution in [3.8, 4) is 0 Å². The molecule has 0 atom stereocenters. The van der Waals surface area contributed by atoms with E-state index in [4.69, 9.17) is 0 Å². The lowest BCUT2D eigenvalue weighted by Crippen LogP contribution is -1.75. The van der Waals surface area contributed by atoms with E-state index in [2.05, 4.69) is 65.6 Å². The Morgan fingerprint density at radius 1 is 0.800 bits per heavy atom. The van der Waals surface area contributed by atoms with E-state index in [-0.39, 0.29) is 0 Å². The molecule has 1 heterocycles. The number of aromatic nitrogens is 1. The van der Waals surface area contributed by atoms with E-state index < -0.39 is 0 Å². The number of rotatable bonds is 2. The maximum Gasteiger partial charge on any atom is 0.155 e. The fraction of sp³-hybridized carbons (Fsp3) is 0. The fourth-order valence-corrected chi connectivity index (χ4v) is 4.32. The maximum absolute atomic E-state index is 4.67. The van der Waals surface area contributed by atoms with Crippen LogP contribution in [-0.4, -0.2) is 4.98 Å². The van der Waals surface area contributed by atoms with Gasteiger partial charge in [0.15, 0.2) is 4.34 Å². The molecular formula is C17H11NS2. The molecule has 0 radical (unpaired) electrons. The highest BCUT2D eigenvalue weighted by molar-refractivity contribution is 8.01. The van der Waals surface area contributed by atoms with Crippen LogP contribution < -0.4 is 0 Å². The second kappa shape index (κ2) is 4.93. The number of hydrogen-bond donors (Lipinski definition) is 0. The zero-order valence-corrected chi connectivity index (χ0v) is 12.2. The van der Waals surface area contributed by atoms with Gasteiger partial charge in [0.25, 0.3) is 0 Å². The lowest BCUT2D eigenvalue weighted by Gasteiger charge is -2.01. The molecule has 0 saturated carbocycles. The van der Waals surface area contributed by atoms with Gasteiger partial charge in [-0.1, -0.05) is 54.2 Å². The van der Waals surface area contributed by atoms with Crippen molar-refractivity contribution >= 4 is 44.1 Å². The van der Waals surface area contributed by atoms with Crippen LogP contribution in [0.2, 0.25) is 0 Å². The third kappa shape index (κ3) is 2.19. The second-order valence-electron chi connectivity index (χ2n) is 4.56. The van der Waals surface area contributed by atoms with Crippen molar-refractivity contribution in [2.45, 2.75) is 9.24 Å². The summed E-state index contributed by atoms with van der Waals surface area (Å²) in [5, 5.41) is 2.56. The van der Waals surface area contributed by atoms with Crippen LogP contribution in [-0.2, 0) is 0 Å². The minimum atomic E-state index is 1.08. The van der Waals surface area contributed by atoms with Gasteiger partial charge in [-0.05, 0) is 35.0 Å². The molecule has 0 spiro atoms. The first-order valence-corrected chi connectivity index (χ1v) is 8.04. The van der Waals surface area contributed by atoms with Crippen LogP contribution in [0.25, 0.3) is 21.0 Å². The van der Waals surface area contributed by atoms with E-state index in [9.17, 15) is 0 Å². The SMILES string of the molecule is c1ccc2cc(Sc3nc4ccccc4s3)ccc2c1. The normalized spacial score (nSPS) is 11.2. The van der Waals surface area contributed by atoms with Crippen LogP contribution in [0, 0.1) is 0 Å². The second-order valence-corrected chi connectivity index (χ2v) is 6.91. The van der Waals surface area contributed by atoms with Gasteiger partial charge in [-0.25, -0.2) is 4.98 Å². The molecule has 4 aromatic rings. The van der Waals surface area contributed by atoms with E-state index >= 15 is 0 Å². The van der Waals surface area contributed by atoms with Crippen LogP contribution in [0.1, 0.15) is 0 Å². The maximum atomic E-state index is 4.67. The predicted octanol–water partition coefficient (Wildman–Crippen LogP) is 5.60. The minimum absolute atomic E-state index is 1.08. The summed E-state index contributed by atoms with van der Waals surface area (Å²) in [5.74, 6) is 0. The Hall–Kier alpha value is -1.84. The molecule has 4 rings (SSSR count). The van der Waals surface area contributed by atoms with Crippen molar-refractivity contribution in [2.24, 2.45) is 0 Å². The molecule has 0 aliphatic rings. The van der Waals surface area contributed by atoms with E-state index in [0.717, 1.165) is 9.86 Å². The average Bonchev–Trinajstić information content (AvgIpc) is 2.89. The minimum Gasteiger partial charge on any atom is -0.229 e. The highest BCUT2D eigenvalue weighted by atomic mass is 32.2. The van der Waals surface area contributed by atoms with Crippen molar-refractivity contribution in [2.75, 3.05) is 0 Å². The van der Waals surface area contributed by atoms with Crippen LogP contribution in [0.3, 0.4) is 0 Å². The Labute approximate surface area is 125 Å². The van der Waals surface area contributed by atoms with Crippen molar-refractivity contribution in [1.82, 2.24) is 4.98 Å². The van der Waals surface area contributed by atoms with Crippen molar-refractivity contribution in [3.05, 3.63) is 66.7 Å². The summed E-state index contributed by atoms with van der Waals surface area (Å²) in [6.07, 6.45) is 0. The predicted molar refractivity (Wildman–Crippen MR) is 87.7 cm³/mol. The van der Waals surface area contributed by atoms with Crippen LogP contribution in [0.15, 0.2) is 76.0 Å². The van der Waals surface area contributed by atoms with E-state index in [1.54, 1.807) is 23.1 Å². The molecule has 0 aliphatic heterocycles. The van der Waals surface area contributed by atoms with Crippen LogP contribution in [0.5, 0.6) is 0 Å². The van der Waals surface area contributed by atoms with Gasteiger partial charge in [0.2, 0.25) is 0 Å². The zero-order chi connectivity index (χ0) is 13.4. The van der Waals surface area contributed by atoms with E-state index in [1.165, 1.54) is 20.4 Å². The standard InChI is InChI=1S/C17H11NS2/c1-2-6-13-11-14(10-9-12(13)5-1)19-17-18-15-7-3-4-8-16(15)20-17/h1-11H. The van der Waals surface area contributed by atoms with Crippen molar-refractivity contribution < 1.29 is 0 Å². The largest absolute Gasteiger partial charge is 0.229 e. The topological polar surface area (TPSA) is 12.9 Å². The molecule has 0 bridgehead atoms. The monoisotopic (exact) mass is 293 g/mol. The summed E-state index contributed by atoms with van der Waals surface area (Å²) < 4.78 is 2.34. The molecule has 1 aromatic heterocycles. The van der Waals surface area contributed by atoms with Gasteiger partial charge in [0.1, 0.15) is 0 Å². The van der Waals surface area contributed by atoms with Gasteiger partial charge in [-0.15, -0.1) is 11.3 Å². The van der Waals surface area contributed by atoms with Crippen LogP contribution >= 0.6 is 23.1 Å². The summed E-state index contributed by atoms with van der Waals surface area (Å²) in [5.41, 5.74) is 1.08. The molecule has 20 heavy (non-hydrogen) atoms. The number of hydrogen-bond acceptors (Lipinski definition) is 3. The first-order chi connectivity index (χ1) is 9.88. The fourth-order valence-electron chi connectivity index (χ4n) is 2.23. The summed E-state index contributed by atoms with van der Waals surface area (Å²) in [6.45, 7) is 0. The number of benzene rings is 3. The van der Waals surface area contributed by atoms with Gasteiger partial charge in [0.05, 0.1) is 10.2 Å². The van der Waals surface area contributed by atoms with Gasteiger partial charge in [-0.2, -0.15) is 0 Å². The Balaban J connectivity index is 1.72. The average molecular weight is 293 g/mol. The molecule has 0 N–H and O–H groups in total. The van der Waals surface area contributed by atoms with Crippen molar-refractivity contribution in [1.29, 1.82) is 0 Å². The number of thiazole rings is 1. The molecular weight excluding hydrogens is 282 g/mol. The Morgan fingerprint density at radius 3 is 2.50 bits per heavy atom. The third-order valence-electron chi connectivity index (χ3n) is 3.20. The Morgan fingerprint density at radius 2 is 1.60 bits per heavy atom. The molecule has 0 saturated heterocycles. The Bertz CT molecular complexity index is 862. The number of para-hydroxylation sites is 1. The summed E-state index contributed by atoms with van der Waals surface area (Å²) in [7, 11) is 0. The molecule has 0 amide bonds. The molecule has 96 valence electrons. The lowest BCUT2D eigenvalue weighted by molar-refractivity contribution is 1.30. The summed E-state index contributed by atoms with van der Waals surface area (Å²) >= 11 is 3.48. The summed E-state index contributed by atoms with van der Waals surface area (Å²) in [6, 6.07) is 23.3. The molecule has 0 fully saturated rings. The van der Waals surface area contributed by atoms with E-state index in [1.807, 2.05) is 6.07 Å². The third-order valence-corrected chi connectivity index (χ3v) is 5.29.